The Morgan fingerprint density at radius 3 is 2.27 bits per heavy atom. The number of rotatable bonds is 4. The molecule has 2 saturated heterocycles. The first-order valence-electron chi connectivity index (χ1n) is 10.7. The summed E-state index contributed by atoms with van der Waals surface area (Å²) in [6.07, 6.45) is 0.631. The van der Waals surface area contributed by atoms with Crippen molar-refractivity contribution < 1.29 is 14.3 Å². The lowest BCUT2D eigenvalue weighted by atomic mass is 9.96. The highest BCUT2D eigenvalue weighted by Gasteiger charge is 2.31. The fourth-order valence-electron chi connectivity index (χ4n) is 4.63. The van der Waals surface area contributed by atoms with Crippen LogP contribution in [0, 0.1) is 0 Å². The van der Waals surface area contributed by atoms with Crippen LogP contribution in [0.2, 0.25) is 10.0 Å². The molecule has 0 spiro atoms. The zero-order valence-corrected chi connectivity index (χ0v) is 21.2. The number of fused-ring (bicyclic) bond motifs is 2. The molecule has 33 heavy (non-hydrogen) atoms. The number of hydrogen-bond acceptors (Lipinski definition) is 5. The molecular weight excluding hydrogens is 508 g/mol. The monoisotopic (exact) mass is 533 g/mol. The molecule has 1 unspecified atom stereocenters. The van der Waals surface area contributed by atoms with Crippen LogP contribution in [0.1, 0.15) is 17.2 Å². The van der Waals surface area contributed by atoms with Crippen molar-refractivity contribution in [1.82, 2.24) is 14.7 Å². The van der Waals surface area contributed by atoms with Crippen LogP contribution in [0.3, 0.4) is 0 Å². The summed E-state index contributed by atoms with van der Waals surface area (Å²) in [6, 6.07) is 11.8. The van der Waals surface area contributed by atoms with Gasteiger partial charge in [-0.25, -0.2) is 4.79 Å². The fraction of sp³-hybridized carbons (Fsp3) is 0.435. The number of carbonyl (C=O) groups excluding carboxylic acids is 1. The second kappa shape index (κ2) is 11.3. The van der Waals surface area contributed by atoms with E-state index in [1.807, 2.05) is 36.4 Å². The van der Waals surface area contributed by atoms with Gasteiger partial charge in [0, 0.05) is 60.9 Å². The first-order valence-corrected chi connectivity index (χ1v) is 11.5. The summed E-state index contributed by atoms with van der Waals surface area (Å²) in [6.45, 7) is 6.59. The van der Waals surface area contributed by atoms with E-state index in [1.165, 1.54) is 0 Å². The van der Waals surface area contributed by atoms with Crippen molar-refractivity contribution in [2.24, 2.45) is 0 Å². The van der Waals surface area contributed by atoms with E-state index in [1.54, 1.807) is 4.90 Å². The van der Waals surface area contributed by atoms with Gasteiger partial charge in [-0.15, -0.1) is 24.8 Å². The first-order chi connectivity index (χ1) is 15.1. The lowest BCUT2D eigenvalue weighted by Gasteiger charge is -2.39. The fourth-order valence-corrected chi connectivity index (χ4v) is 5.01. The molecule has 0 saturated carbocycles. The molecule has 2 aromatic rings. The molecular formula is C23H27Cl4N3O3. The van der Waals surface area contributed by atoms with Crippen molar-refractivity contribution in [3.63, 3.8) is 0 Å². The molecule has 3 aliphatic heterocycles. The van der Waals surface area contributed by atoms with Crippen molar-refractivity contribution >= 4 is 54.1 Å². The first kappa shape index (κ1) is 26.2. The Morgan fingerprint density at radius 1 is 0.879 bits per heavy atom. The second-order valence-electron chi connectivity index (χ2n) is 8.24. The van der Waals surface area contributed by atoms with Crippen LogP contribution >= 0.6 is 48.0 Å². The number of hydrogen-bond donors (Lipinski definition) is 0. The molecule has 180 valence electrons. The molecule has 5 rings (SSSR count). The van der Waals surface area contributed by atoms with Crippen molar-refractivity contribution in [3.8, 4) is 11.5 Å². The quantitative estimate of drug-likeness (QED) is 0.532. The van der Waals surface area contributed by atoms with Crippen molar-refractivity contribution in [3.05, 3.63) is 57.6 Å². The van der Waals surface area contributed by atoms with E-state index < -0.39 is 0 Å². The minimum Gasteiger partial charge on any atom is -0.457 e. The Hall–Kier alpha value is -1.41. The number of carbonyl (C=O) groups is 1. The van der Waals surface area contributed by atoms with Gasteiger partial charge in [0.25, 0.3) is 0 Å². The van der Waals surface area contributed by atoms with Crippen LogP contribution in [0.4, 0.5) is 4.79 Å². The van der Waals surface area contributed by atoms with E-state index in [4.69, 9.17) is 32.7 Å². The van der Waals surface area contributed by atoms with Crippen molar-refractivity contribution in [1.29, 1.82) is 0 Å². The molecule has 1 amide bonds. The lowest BCUT2D eigenvalue weighted by molar-refractivity contribution is 0.0898. The Bertz CT molecular complexity index is 985. The normalized spacial score (nSPS) is 20.5. The van der Waals surface area contributed by atoms with Gasteiger partial charge in [-0.1, -0.05) is 23.2 Å². The van der Waals surface area contributed by atoms with Gasteiger partial charge in [-0.05, 0) is 48.4 Å². The minimum atomic E-state index is -0.192. The van der Waals surface area contributed by atoms with Gasteiger partial charge in [0.2, 0.25) is 0 Å². The van der Waals surface area contributed by atoms with E-state index in [0.29, 0.717) is 18.2 Å². The predicted molar refractivity (Wildman–Crippen MR) is 135 cm³/mol. The minimum absolute atomic E-state index is 0. The van der Waals surface area contributed by atoms with Gasteiger partial charge in [0.05, 0.1) is 6.54 Å². The number of amides is 1. The number of halogens is 4. The Kier molecular flexibility index (Phi) is 9.01. The molecule has 0 aliphatic carbocycles. The Labute approximate surface area is 216 Å². The molecule has 1 atom stereocenters. The van der Waals surface area contributed by atoms with E-state index in [9.17, 15) is 4.79 Å². The van der Waals surface area contributed by atoms with Crippen LogP contribution in [-0.4, -0.2) is 73.2 Å². The number of piperazine rings is 1. The summed E-state index contributed by atoms with van der Waals surface area (Å²) in [4.78, 5) is 18.4. The maximum Gasteiger partial charge on any atom is 0.409 e. The molecule has 0 aromatic heterocycles. The summed E-state index contributed by atoms with van der Waals surface area (Å²) in [5.74, 6) is 1.71. The maximum absolute atomic E-state index is 11.7. The number of benzene rings is 2. The Balaban J connectivity index is 0.00000153. The predicted octanol–water partition coefficient (Wildman–Crippen LogP) is 5.30. The average molecular weight is 535 g/mol. The number of cyclic esters (lactones) is 1. The van der Waals surface area contributed by atoms with E-state index in [2.05, 4.69) is 9.80 Å². The maximum atomic E-state index is 11.7. The molecule has 2 fully saturated rings. The van der Waals surface area contributed by atoms with Crippen LogP contribution in [-0.2, 0) is 11.2 Å². The highest BCUT2D eigenvalue weighted by molar-refractivity contribution is 6.31. The summed E-state index contributed by atoms with van der Waals surface area (Å²) >= 11 is 12.6. The van der Waals surface area contributed by atoms with E-state index in [0.717, 1.165) is 73.3 Å². The molecule has 0 bridgehead atoms. The largest absolute Gasteiger partial charge is 0.457 e. The van der Waals surface area contributed by atoms with Crippen LogP contribution in [0.25, 0.3) is 0 Å². The molecule has 3 heterocycles. The molecule has 10 heteroatoms. The van der Waals surface area contributed by atoms with Gasteiger partial charge >= 0.3 is 6.09 Å². The van der Waals surface area contributed by atoms with Gasteiger partial charge in [-0.2, -0.15) is 0 Å². The summed E-state index contributed by atoms with van der Waals surface area (Å²) in [5.41, 5.74) is 2.23. The topological polar surface area (TPSA) is 45.2 Å². The lowest BCUT2D eigenvalue weighted by Crippen LogP contribution is -2.49. The van der Waals surface area contributed by atoms with E-state index in [-0.39, 0.29) is 36.9 Å². The summed E-state index contributed by atoms with van der Waals surface area (Å²) < 4.78 is 11.3. The second-order valence-corrected chi connectivity index (χ2v) is 9.11. The molecule has 2 aromatic carbocycles. The van der Waals surface area contributed by atoms with Crippen LogP contribution < -0.4 is 4.74 Å². The number of ether oxygens (including phenoxy) is 2. The highest BCUT2D eigenvalue weighted by Crippen LogP contribution is 2.42. The van der Waals surface area contributed by atoms with Gasteiger partial charge in [0.15, 0.2) is 0 Å². The highest BCUT2D eigenvalue weighted by atomic mass is 35.5. The standard InChI is InChI=1S/C23H25Cl2N3O3.2ClH/c24-17-1-3-21-16(13-17)14-20(19-15-18(25)2-4-22(19)31-21)27-8-5-26(6-9-27)7-10-28-11-12-30-23(28)29;;/h1-4,13,15,20H,5-12,14H2;2*1H. The third-order valence-electron chi connectivity index (χ3n) is 6.37. The van der Waals surface area contributed by atoms with E-state index >= 15 is 0 Å². The summed E-state index contributed by atoms with van der Waals surface area (Å²) in [7, 11) is 0. The summed E-state index contributed by atoms with van der Waals surface area (Å²) in [5, 5.41) is 1.43. The van der Waals surface area contributed by atoms with Gasteiger partial charge < -0.3 is 14.4 Å². The third-order valence-corrected chi connectivity index (χ3v) is 6.84. The van der Waals surface area contributed by atoms with Gasteiger partial charge in [-0.3, -0.25) is 9.80 Å². The zero-order valence-electron chi connectivity index (χ0n) is 18.0. The van der Waals surface area contributed by atoms with Crippen LogP contribution in [0.15, 0.2) is 36.4 Å². The number of nitrogens with zero attached hydrogens (tertiary/aromatic N) is 3. The molecule has 0 N–H and O–H groups in total. The van der Waals surface area contributed by atoms with Crippen LogP contribution in [0.5, 0.6) is 11.5 Å². The van der Waals surface area contributed by atoms with Gasteiger partial charge in [0.1, 0.15) is 18.1 Å². The molecule has 6 nitrogen and oxygen atoms in total. The molecule has 3 aliphatic rings. The zero-order chi connectivity index (χ0) is 21.4. The van der Waals surface area contributed by atoms with Crippen molar-refractivity contribution in [2.75, 3.05) is 52.4 Å². The Morgan fingerprint density at radius 2 is 1.58 bits per heavy atom. The molecule has 0 radical (unpaired) electrons. The van der Waals surface area contributed by atoms with Crippen molar-refractivity contribution in [2.45, 2.75) is 12.5 Å². The smallest absolute Gasteiger partial charge is 0.409 e. The third kappa shape index (κ3) is 5.81. The average Bonchev–Trinajstić information content (AvgIpc) is 3.11. The SMILES string of the molecule is Cl.Cl.O=C1OCCN1CCN1CCN(C2Cc3cc(Cl)ccc3Oc3ccc(Cl)cc32)CC1.